The van der Waals surface area contributed by atoms with Crippen LogP contribution in [0, 0.1) is 18.6 Å². The van der Waals surface area contributed by atoms with Crippen LogP contribution in [-0.2, 0) is 5.54 Å². The predicted molar refractivity (Wildman–Crippen MR) is 146 cm³/mol. The van der Waals surface area contributed by atoms with Crippen molar-refractivity contribution in [1.82, 2.24) is 20.8 Å². The van der Waals surface area contributed by atoms with Gasteiger partial charge in [-0.1, -0.05) is 6.07 Å². The number of nitrogens with zero attached hydrogens (tertiary/aromatic N) is 2. The molecule has 7 nitrogen and oxygen atoms in total. The van der Waals surface area contributed by atoms with Crippen molar-refractivity contribution < 1.29 is 22.8 Å². The SMILES string of the molecule is CNC(=O)c1c(-c2ccc(F)cc2)oc2ccc(-c3cc(C(=O)NC4(c5ccnnc5)CC4)ccc3C)c(F)c12. The molecular formula is C31H24F2N4O3. The minimum absolute atomic E-state index is 0.00699. The lowest BCUT2D eigenvalue weighted by Gasteiger charge is -2.18. The van der Waals surface area contributed by atoms with Gasteiger partial charge in [-0.05, 0) is 91.1 Å². The normalized spacial score (nSPS) is 13.7. The molecule has 1 fully saturated rings. The van der Waals surface area contributed by atoms with E-state index in [2.05, 4.69) is 20.8 Å². The number of furan rings is 1. The Balaban J connectivity index is 1.43. The fourth-order valence-electron chi connectivity index (χ4n) is 5.03. The second kappa shape index (κ2) is 9.68. The van der Waals surface area contributed by atoms with E-state index < -0.39 is 23.1 Å². The van der Waals surface area contributed by atoms with Crippen molar-refractivity contribution in [3.05, 3.63) is 107 Å². The van der Waals surface area contributed by atoms with Gasteiger partial charge in [-0.3, -0.25) is 9.59 Å². The monoisotopic (exact) mass is 538 g/mol. The molecule has 40 heavy (non-hydrogen) atoms. The molecule has 200 valence electrons. The zero-order chi connectivity index (χ0) is 28.0. The van der Waals surface area contributed by atoms with Gasteiger partial charge in [0.25, 0.3) is 11.8 Å². The van der Waals surface area contributed by atoms with E-state index in [-0.39, 0.29) is 33.8 Å². The van der Waals surface area contributed by atoms with Gasteiger partial charge < -0.3 is 15.1 Å². The fraction of sp³-hybridized carbons (Fsp3) is 0.161. The summed E-state index contributed by atoms with van der Waals surface area (Å²) in [7, 11) is 1.44. The lowest BCUT2D eigenvalue weighted by molar-refractivity contribution is 0.0928. The first-order valence-corrected chi connectivity index (χ1v) is 12.7. The molecule has 2 N–H and O–H groups in total. The van der Waals surface area contributed by atoms with Crippen LogP contribution in [-0.4, -0.2) is 29.1 Å². The van der Waals surface area contributed by atoms with Crippen molar-refractivity contribution in [1.29, 1.82) is 0 Å². The second-order valence-electron chi connectivity index (χ2n) is 9.89. The fourth-order valence-corrected chi connectivity index (χ4v) is 5.03. The number of hydrogen-bond donors (Lipinski definition) is 2. The number of amides is 2. The number of carbonyl (C=O) groups is 2. The van der Waals surface area contributed by atoms with Crippen molar-refractivity contribution in [3.63, 3.8) is 0 Å². The van der Waals surface area contributed by atoms with Gasteiger partial charge in [-0.25, -0.2) is 8.78 Å². The quantitative estimate of drug-likeness (QED) is 0.280. The maximum Gasteiger partial charge on any atom is 0.255 e. The van der Waals surface area contributed by atoms with Gasteiger partial charge in [-0.15, -0.1) is 0 Å². The van der Waals surface area contributed by atoms with Crippen molar-refractivity contribution in [2.24, 2.45) is 0 Å². The highest BCUT2D eigenvalue weighted by molar-refractivity contribution is 6.12. The Bertz CT molecular complexity index is 1780. The van der Waals surface area contributed by atoms with Crippen LogP contribution >= 0.6 is 0 Å². The highest BCUT2D eigenvalue weighted by atomic mass is 19.1. The molecule has 9 heteroatoms. The highest BCUT2D eigenvalue weighted by Crippen LogP contribution is 2.45. The molecule has 1 aliphatic carbocycles. The summed E-state index contributed by atoms with van der Waals surface area (Å²) < 4.78 is 35.8. The molecule has 3 aromatic carbocycles. The summed E-state index contributed by atoms with van der Waals surface area (Å²) in [4.78, 5) is 26.2. The van der Waals surface area contributed by atoms with Gasteiger partial charge in [0.1, 0.15) is 23.0 Å². The first-order valence-electron chi connectivity index (χ1n) is 12.7. The van der Waals surface area contributed by atoms with Gasteiger partial charge in [0.15, 0.2) is 0 Å². The molecule has 0 radical (unpaired) electrons. The molecule has 0 bridgehead atoms. The molecule has 2 amide bonds. The summed E-state index contributed by atoms with van der Waals surface area (Å²) in [5.74, 6) is -1.80. The number of halogens is 2. The predicted octanol–water partition coefficient (Wildman–Crippen LogP) is 5.92. The Morgan fingerprint density at radius 2 is 1.70 bits per heavy atom. The number of hydrogen-bond acceptors (Lipinski definition) is 5. The summed E-state index contributed by atoms with van der Waals surface area (Å²) in [6.45, 7) is 1.82. The van der Waals surface area contributed by atoms with Gasteiger partial charge in [0.2, 0.25) is 0 Å². The number of nitrogens with one attached hydrogen (secondary N) is 2. The first kappa shape index (κ1) is 25.4. The molecule has 1 aliphatic rings. The number of fused-ring (bicyclic) bond motifs is 1. The standard InChI is InChI=1S/C31H24F2N4O3/c1-17-3-4-19(29(38)37-31(12-13-31)20-11-14-35-36-16-20)15-23(17)22-9-10-24-25(27(22)33)26(30(39)34-2)28(40-24)18-5-7-21(32)8-6-18/h3-11,14-16H,12-13H2,1-2H3,(H,34,39)(H,37,38). The molecule has 1 saturated carbocycles. The zero-order valence-corrected chi connectivity index (χ0v) is 21.7. The Kier molecular flexibility index (Phi) is 6.14. The van der Waals surface area contributed by atoms with Crippen molar-refractivity contribution in [2.75, 3.05) is 7.05 Å². The summed E-state index contributed by atoms with van der Waals surface area (Å²) >= 11 is 0. The number of aromatic nitrogens is 2. The summed E-state index contributed by atoms with van der Waals surface area (Å²) in [5.41, 5.74) is 2.87. The Morgan fingerprint density at radius 3 is 2.38 bits per heavy atom. The van der Waals surface area contributed by atoms with Crippen LogP contribution in [0.1, 0.15) is 44.7 Å². The van der Waals surface area contributed by atoms with Crippen LogP contribution in [0.15, 0.2) is 77.5 Å². The molecule has 6 rings (SSSR count). The molecule has 0 unspecified atom stereocenters. The van der Waals surface area contributed by atoms with Crippen LogP contribution < -0.4 is 10.6 Å². The Morgan fingerprint density at radius 1 is 0.925 bits per heavy atom. The van der Waals surface area contributed by atoms with Crippen LogP contribution in [0.2, 0.25) is 0 Å². The van der Waals surface area contributed by atoms with Crippen LogP contribution in [0.25, 0.3) is 33.4 Å². The Labute approximate surface area is 228 Å². The van der Waals surface area contributed by atoms with Gasteiger partial charge in [0, 0.05) is 29.9 Å². The lowest BCUT2D eigenvalue weighted by atomic mass is 9.94. The number of carbonyl (C=O) groups excluding carboxylic acids is 2. The second-order valence-corrected chi connectivity index (χ2v) is 9.89. The van der Waals surface area contributed by atoms with Gasteiger partial charge in [0.05, 0.1) is 22.7 Å². The summed E-state index contributed by atoms with van der Waals surface area (Å²) in [6, 6.07) is 15.5. The van der Waals surface area contributed by atoms with Crippen LogP contribution in [0.4, 0.5) is 8.78 Å². The minimum atomic E-state index is -0.657. The van der Waals surface area contributed by atoms with Gasteiger partial charge >= 0.3 is 0 Å². The van der Waals surface area contributed by atoms with Gasteiger partial charge in [-0.2, -0.15) is 10.2 Å². The third-order valence-corrected chi connectivity index (χ3v) is 7.38. The third-order valence-electron chi connectivity index (χ3n) is 7.38. The van der Waals surface area contributed by atoms with E-state index in [1.807, 2.05) is 13.0 Å². The van der Waals surface area contributed by atoms with E-state index in [4.69, 9.17) is 4.42 Å². The maximum atomic E-state index is 16.3. The van der Waals surface area contributed by atoms with Crippen molar-refractivity contribution in [2.45, 2.75) is 25.3 Å². The van der Waals surface area contributed by atoms with Crippen LogP contribution in [0.3, 0.4) is 0 Å². The number of benzene rings is 3. The smallest absolute Gasteiger partial charge is 0.255 e. The van der Waals surface area contributed by atoms with E-state index in [1.165, 1.54) is 31.3 Å². The molecule has 2 aromatic heterocycles. The van der Waals surface area contributed by atoms with E-state index in [0.717, 1.165) is 24.0 Å². The first-order chi connectivity index (χ1) is 19.3. The van der Waals surface area contributed by atoms with E-state index in [1.54, 1.807) is 42.7 Å². The average Bonchev–Trinajstić information content (AvgIpc) is 3.65. The topological polar surface area (TPSA) is 97.1 Å². The van der Waals surface area contributed by atoms with E-state index >= 15 is 4.39 Å². The lowest BCUT2D eigenvalue weighted by Crippen LogP contribution is -2.35. The largest absolute Gasteiger partial charge is 0.455 e. The summed E-state index contributed by atoms with van der Waals surface area (Å²) in [5, 5.41) is 13.4. The molecule has 2 heterocycles. The van der Waals surface area contributed by atoms with Crippen molar-refractivity contribution in [3.8, 4) is 22.5 Å². The van der Waals surface area contributed by atoms with Crippen LogP contribution in [0.5, 0.6) is 0 Å². The van der Waals surface area contributed by atoms with Crippen molar-refractivity contribution >= 4 is 22.8 Å². The van der Waals surface area contributed by atoms with E-state index in [0.29, 0.717) is 16.7 Å². The minimum Gasteiger partial charge on any atom is -0.455 e. The summed E-state index contributed by atoms with van der Waals surface area (Å²) in [6.07, 6.45) is 4.81. The van der Waals surface area contributed by atoms with E-state index in [9.17, 15) is 14.0 Å². The molecule has 5 aromatic rings. The zero-order valence-electron chi connectivity index (χ0n) is 21.7. The molecule has 0 atom stereocenters. The molecule has 0 saturated heterocycles. The number of aryl methyl sites for hydroxylation is 1. The number of rotatable bonds is 6. The average molecular weight is 539 g/mol. The maximum absolute atomic E-state index is 16.3. The Hall–Kier alpha value is -4.92. The third kappa shape index (κ3) is 4.29. The molecule has 0 aliphatic heterocycles. The molecule has 0 spiro atoms. The highest BCUT2D eigenvalue weighted by Gasteiger charge is 2.46. The molecular weight excluding hydrogens is 514 g/mol.